The normalized spacial score (nSPS) is 15.2. The molecule has 0 amide bonds. The summed E-state index contributed by atoms with van der Waals surface area (Å²) in [4.78, 5) is 14.3. The maximum absolute atomic E-state index is 11.5. The van der Waals surface area contributed by atoms with Gasteiger partial charge in [-0.25, -0.2) is 0 Å². The molecule has 1 aromatic heterocycles. The van der Waals surface area contributed by atoms with Gasteiger partial charge in [0.2, 0.25) is 0 Å². The quantitative estimate of drug-likeness (QED) is 0.695. The molecule has 2 heteroatoms. The van der Waals surface area contributed by atoms with E-state index in [-0.39, 0.29) is 5.56 Å². The molecule has 0 spiro atoms. The van der Waals surface area contributed by atoms with Crippen molar-refractivity contribution in [2.45, 2.75) is 26.7 Å². The van der Waals surface area contributed by atoms with E-state index in [0.717, 1.165) is 23.3 Å². The van der Waals surface area contributed by atoms with Crippen LogP contribution >= 0.6 is 0 Å². The van der Waals surface area contributed by atoms with Crippen LogP contribution < -0.4 is 16.0 Å². The monoisotopic (exact) mass is 189 g/mol. The zero-order chi connectivity index (χ0) is 10.1. The number of H-pyrrole nitrogens is 1. The van der Waals surface area contributed by atoms with E-state index in [0.29, 0.717) is 5.92 Å². The van der Waals surface area contributed by atoms with E-state index in [4.69, 9.17) is 0 Å². The Hall–Kier alpha value is -1.31. The van der Waals surface area contributed by atoms with E-state index in [1.54, 1.807) is 6.20 Å². The minimum atomic E-state index is 0.0420. The lowest BCUT2D eigenvalue weighted by Gasteiger charge is -2.13. The summed E-state index contributed by atoms with van der Waals surface area (Å²) < 4.78 is 0. The van der Waals surface area contributed by atoms with Crippen LogP contribution in [0.4, 0.5) is 0 Å². The number of nitrogens with one attached hydrogen (secondary N) is 1. The molecule has 2 rings (SSSR count). The highest BCUT2D eigenvalue weighted by Gasteiger charge is 2.08. The Kier molecular flexibility index (Phi) is 2.28. The van der Waals surface area contributed by atoms with Gasteiger partial charge in [-0.1, -0.05) is 25.5 Å². The molecule has 1 aliphatic rings. The van der Waals surface area contributed by atoms with Crippen molar-refractivity contribution in [1.29, 1.82) is 0 Å². The Balaban J connectivity index is 2.89. The lowest BCUT2D eigenvalue weighted by molar-refractivity contribution is 0.795. The zero-order valence-electron chi connectivity index (χ0n) is 8.63. The summed E-state index contributed by atoms with van der Waals surface area (Å²) in [6, 6.07) is 2.02. The van der Waals surface area contributed by atoms with Crippen LogP contribution in [0.2, 0.25) is 0 Å². The molecule has 1 aromatic rings. The van der Waals surface area contributed by atoms with E-state index in [9.17, 15) is 4.79 Å². The Labute approximate surface area is 83.0 Å². The molecule has 0 aliphatic heterocycles. The first-order chi connectivity index (χ1) is 6.70. The Morgan fingerprint density at radius 3 is 2.93 bits per heavy atom. The second-order valence-corrected chi connectivity index (χ2v) is 4.06. The molecule has 1 aliphatic carbocycles. The van der Waals surface area contributed by atoms with Crippen LogP contribution in [0.3, 0.4) is 0 Å². The van der Waals surface area contributed by atoms with E-state index >= 15 is 0 Å². The van der Waals surface area contributed by atoms with Gasteiger partial charge < -0.3 is 4.98 Å². The second-order valence-electron chi connectivity index (χ2n) is 4.06. The van der Waals surface area contributed by atoms with Gasteiger partial charge in [-0.3, -0.25) is 4.79 Å². The van der Waals surface area contributed by atoms with E-state index in [1.165, 1.54) is 5.57 Å². The third-order valence-electron chi connectivity index (χ3n) is 2.80. The summed E-state index contributed by atoms with van der Waals surface area (Å²) in [6.07, 6.45) is 5.87. The summed E-state index contributed by atoms with van der Waals surface area (Å²) in [5.41, 5.74) is 1.45. The minimum absolute atomic E-state index is 0.0420. The van der Waals surface area contributed by atoms with Gasteiger partial charge >= 0.3 is 0 Å². The number of hydrogen-bond donors (Lipinski definition) is 1. The van der Waals surface area contributed by atoms with Crippen LogP contribution in [-0.2, 0) is 0 Å². The van der Waals surface area contributed by atoms with Gasteiger partial charge in [0.25, 0.3) is 5.56 Å². The summed E-state index contributed by atoms with van der Waals surface area (Å²) in [6.45, 7) is 4.37. The topological polar surface area (TPSA) is 32.9 Å². The molecule has 1 heterocycles. The molecule has 0 saturated heterocycles. The van der Waals surface area contributed by atoms with Crippen LogP contribution in [0.1, 0.15) is 26.7 Å². The first-order valence-electron chi connectivity index (χ1n) is 5.11. The molecule has 0 radical (unpaired) electrons. The molecule has 0 saturated carbocycles. The van der Waals surface area contributed by atoms with Crippen LogP contribution in [0.15, 0.2) is 17.1 Å². The summed E-state index contributed by atoms with van der Waals surface area (Å²) in [5.74, 6) is 0.532. The van der Waals surface area contributed by atoms with Crippen molar-refractivity contribution in [2.24, 2.45) is 5.92 Å². The van der Waals surface area contributed by atoms with E-state index in [2.05, 4.69) is 18.8 Å². The summed E-state index contributed by atoms with van der Waals surface area (Å²) in [5, 5.41) is 2.01. The molecule has 0 atom stereocenters. The van der Waals surface area contributed by atoms with Crippen molar-refractivity contribution < 1.29 is 0 Å². The Morgan fingerprint density at radius 2 is 2.21 bits per heavy atom. The number of pyridine rings is 1. The van der Waals surface area contributed by atoms with Crippen molar-refractivity contribution in [2.75, 3.05) is 0 Å². The van der Waals surface area contributed by atoms with E-state index < -0.39 is 0 Å². The van der Waals surface area contributed by atoms with Gasteiger partial charge in [0.15, 0.2) is 0 Å². The summed E-state index contributed by atoms with van der Waals surface area (Å²) in [7, 11) is 0. The first kappa shape index (κ1) is 9.25. The van der Waals surface area contributed by atoms with Gasteiger partial charge in [0.05, 0.1) is 0 Å². The predicted octanol–water partition coefficient (Wildman–Crippen LogP) is 0.756. The Morgan fingerprint density at radius 1 is 1.43 bits per heavy atom. The SMILES string of the molecule is CC(C)C1=c2cc[nH]c(=O)c2=CCC1. The zero-order valence-corrected chi connectivity index (χ0v) is 8.63. The fraction of sp³-hybridized carbons (Fsp3) is 0.417. The lowest BCUT2D eigenvalue weighted by atomic mass is 9.92. The van der Waals surface area contributed by atoms with E-state index in [1.807, 2.05) is 12.1 Å². The maximum Gasteiger partial charge on any atom is 0.255 e. The molecule has 2 nitrogen and oxygen atoms in total. The number of fused-ring (bicyclic) bond motifs is 1. The van der Waals surface area contributed by atoms with Crippen molar-refractivity contribution in [3.63, 3.8) is 0 Å². The average molecular weight is 189 g/mol. The smallest absolute Gasteiger partial charge is 0.255 e. The number of hydrogen-bond acceptors (Lipinski definition) is 1. The molecule has 0 fully saturated rings. The molecular formula is C12H15NO. The van der Waals surface area contributed by atoms with Gasteiger partial charge in [-0.05, 0) is 30.0 Å². The fourth-order valence-electron chi connectivity index (χ4n) is 2.08. The number of aromatic nitrogens is 1. The molecule has 74 valence electrons. The third-order valence-corrected chi connectivity index (χ3v) is 2.80. The highest BCUT2D eigenvalue weighted by Crippen LogP contribution is 2.16. The molecule has 14 heavy (non-hydrogen) atoms. The highest BCUT2D eigenvalue weighted by atomic mass is 16.1. The second kappa shape index (κ2) is 3.45. The van der Waals surface area contributed by atoms with Crippen molar-refractivity contribution in [3.8, 4) is 0 Å². The summed E-state index contributed by atoms with van der Waals surface area (Å²) >= 11 is 0. The molecular weight excluding hydrogens is 174 g/mol. The van der Waals surface area contributed by atoms with Crippen LogP contribution in [0, 0.1) is 5.92 Å². The number of aromatic amines is 1. The van der Waals surface area contributed by atoms with Gasteiger partial charge in [0.1, 0.15) is 0 Å². The maximum atomic E-state index is 11.5. The third kappa shape index (κ3) is 1.41. The Bertz CT molecular complexity index is 508. The molecule has 0 unspecified atom stereocenters. The standard InChI is InChI=1S/C12H15NO/c1-8(2)9-4-3-5-11-10(9)6-7-13-12(11)14/h5-8H,3-4H2,1-2H3,(H,13,14). The number of rotatable bonds is 1. The average Bonchev–Trinajstić information content (AvgIpc) is 2.17. The largest absolute Gasteiger partial charge is 0.329 e. The van der Waals surface area contributed by atoms with Crippen LogP contribution in [-0.4, -0.2) is 4.98 Å². The van der Waals surface area contributed by atoms with Crippen LogP contribution in [0.25, 0.3) is 11.6 Å². The lowest BCUT2D eigenvalue weighted by Crippen LogP contribution is -2.43. The minimum Gasteiger partial charge on any atom is -0.329 e. The molecule has 0 aromatic carbocycles. The van der Waals surface area contributed by atoms with Crippen LogP contribution in [0.5, 0.6) is 0 Å². The predicted molar refractivity (Wildman–Crippen MR) is 58.3 cm³/mol. The molecule has 0 bridgehead atoms. The van der Waals surface area contributed by atoms with Gasteiger partial charge in [-0.2, -0.15) is 0 Å². The highest BCUT2D eigenvalue weighted by molar-refractivity contribution is 5.51. The van der Waals surface area contributed by atoms with Gasteiger partial charge in [-0.15, -0.1) is 0 Å². The van der Waals surface area contributed by atoms with Crippen molar-refractivity contribution in [3.05, 3.63) is 33.1 Å². The van der Waals surface area contributed by atoms with Crippen molar-refractivity contribution in [1.82, 2.24) is 4.98 Å². The fourth-order valence-corrected chi connectivity index (χ4v) is 2.08. The van der Waals surface area contributed by atoms with Crippen molar-refractivity contribution >= 4 is 11.6 Å². The first-order valence-corrected chi connectivity index (χ1v) is 5.11. The van der Waals surface area contributed by atoms with Gasteiger partial charge in [0, 0.05) is 11.4 Å². The molecule has 1 N–H and O–H groups in total.